The molecule has 534 valence electrons. The van der Waals surface area contributed by atoms with E-state index < -0.39 is 26.5 Å². The molecule has 0 aromatic heterocycles. The maximum absolute atomic E-state index is 12.9. The Labute approximate surface area is 570 Å². The van der Waals surface area contributed by atoms with Crippen LogP contribution >= 0.6 is 7.82 Å². The van der Waals surface area contributed by atoms with Gasteiger partial charge in [0.25, 0.3) is 7.82 Å². The number of rotatable bonds is 72. The highest BCUT2D eigenvalue weighted by Crippen LogP contribution is 2.38. The molecule has 0 aromatic rings. The Kier molecular flexibility index (Phi) is 69.8. The first-order valence-electron chi connectivity index (χ1n) is 38.9. The molecule has 0 aromatic carbocycles. The number of esters is 2. The summed E-state index contributed by atoms with van der Waals surface area (Å²) in [5, 5.41) is 0. The molecule has 10 heteroatoms. The SMILES string of the molecule is CC/C=C\C/C=C\C/C=C\C/C=C\C/C=C\C/C=C\CCCCCCCCCCCCCCCCCCC(=O)OC(COC(=O)CCCCCCCCCCCCCCCCCCCCCCC/C=C\C/C=C\CCCCCCC)COP(=O)([O-])OCC[N+](C)(C)C. The highest BCUT2D eigenvalue weighted by molar-refractivity contribution is 7.45. The number of phosphoric acid groups is 1. The average Bonchev–Trinajstić information content (AvgIpc) is 2.14. The van der Waals surface area contributed by atoms with E-state index in [-0.39, 0.29) is 32.0 Å². The molecule has 0 N–H and O–H groups in total. The van der Waals surface area contributed by atoms with Crippen LogP contribution in [0.4, 0.5) is 0 Å². The van der Waals surface area contributed by atoms with Crippen molar-refractivity contribution >= 4 is 19.8 Å². The number of carbonyl (C=O) groups excluding carboxylic acids is 2. The molecule has 0 fully saturated rings. The van der Waals surface area contributed by atoms with Gasteiger partial charge in [0.05, 0.1) is 27.7 Å². The molecule has 0 aliphatic rings. The van der Waals surface area contributed by atoms with Gasteiger partial charge in [-0.1, -0.05) is 349 Å². The van der Waals surface area contributed by atoms with Gasteiger partial charge in [-0.15, -0.1) is 0 Å². The van der Waals surface area contributed by atoms with Crippen LogP contribution in [-0.4, -0.2) is 70.0 Å². The van der Waals surface area contributed by atoms with Gasteiger partial charge in [0, 0.05) is 12.8 Å². The quantitative estimate of drug-likeness (QED) is 0.0195. The number of likely N-dealkylation sites (N-methyl/N-ethyl adjacent to an activating group) is 1. The summed E-state index contributed by atoms with van der Waals surface area (Å²) in [6.45, 7) is 4.16. The minimum Gasteiger partial charge on any atom is -0.756 e. The van der Waals surface area contributed by atoms with E-state index in [0.717, 1.165) is 83.5 Å². The fourth-order valence-corrected chi connectivity index (χ4v) is 11.9. The van der Waals surface area contributed by atoms with Crippen molar-refractivity contribution in [2.45, 2.75) is 367 Å². The van der Waals surface area contributed by atoms with Crippen LogP contribution in [0.1, 0.15) is 361 Å². The van der Waals surface area contributed by atoms with Gasteiger partial charge >= 0.3 is 11.9 Å². The molecule has 0 radical (unpaired) electrons. The molecular formula is C82H148NO8P. The molecule has 2 atom stereocenters. The number of hydrogen-bond donors (Lipinski definition) is 0. The average molecular weight is 1310 g/mol. The summed E-state index contributed by atoms with van der Waals surface area (Å²) in [6.07, 6.45) is 101. The maximum atomic E-state index is 12.9. The summed E-state index contributed by atoms with van der Waals surface area (Å²) < 4.78 is 34.4. The second-order valence-electron chi connectivity index (χ2n) is 27.3. The van der Waals surface area contributed by atoms with Crippen LogP contribution in [-0.2, 0) is 32.7 Å². The highest BCUT2D eigenvalue weighted by Gasteiger charge is 2.22. The fraction of sp³-hybridized carbons (Fsp3) is 0.780. The Balaban J connectivity index is 3.97. The van der Waals surface area contributed by atoms with Crippen molar-refractivity contribution in [1.82, 2.24) is 0 Å². The third kappa shape index (κ3) is 76.0. The Hall–Kier alpha value is -3.07. The monoisotopic (exact) mass is 1310 g/mol. The summed E-state index contributed by atoms with van der Waals surface area (Å²) in [6, 6.07) is 0. The van der Waals surface area contributed by atoms with E-state index >= 15 is 0 Å². The molecule has 2 unspecified atom stereocenters. The fourth-order valence-electron chi connectivity index (χ4n) is 11.2. The van der Waals surface area contributed by atoms with Crippen LogP contribution in [0, 0.1) is 0 Å². The molecule has 0 saturated heterocycles. The lowest BCUT2D eigenvalue weighted by atomic mass is 10.0. The third-order valence-corrected chi connectivity index (χ3v) is 18.1. The number of ether oxygens (including phenoxy) is 2. The normalized spacial score (nSPS) is 13.6. The van der Waals surface area contributed by atoms with Crippen molar-refractivity contribution in [3.8, 4) is 0 Å². The van der Waals surface area contributed by atoms with Crippen molar-refractivity contribution in [1.29, 1.82) is 0 Å². The molecule has 0 heterocycles. The molecule has 0 rings (SSSR count). The number of carbonyl (C=O) groups is 2. The zero-order valence-corrected chi connectivity index (χ0v) is 61.9. The van der Waals surface area contributed by atoms with Gasteiger partial charge in [-0.3, -0.25) is 14.2 Å². The number of hydrogen-bond acceptors (Lipinski definition) is 8. The number of quaternary nitrogens is 1. The van der Waals surface area contributed by atoms with E-state index in [9.17, 15) is 19.0 Å². The van der Waals surface area contributed by atoms with E-state index in [4.69, 9.17) is 18.5 Å². The Morgan fingerprint density at radius 2 is 0.620 bits per heavy atom. The Morgan fingerprint density at radius 3 is 0.924 bits per heavy atom. The second kappa shape index (κ2) is 72.2. The largest absolute Gasteiger partial charge is 0.756 e. The summed E-state index contributed by atoms with van der Waals surface area (Å²) in [5.74, 6) is -0.819. The van der Waals surface area contributed by atoms with E-state index in [1.807, 2.05) is 21.1 Å². The lowest BCUT2D eigenvalue weighted by Crippen LogP contribution is -2.37. The number of phosphoric ester groups is 1. The minimum absolute atomic E-state index is 0.0315. The molecular weight excluding hydrogens is 1160 g/mol. The minimum atomic E-state index is -4.65. The van der Waals surface area contributed by atoms with Crippen molar-refractivity contribution in [2.75, 3.05) is 47.5 Å². The molecule has 0 spiro atoms. The predicted molar refractivity (Wildman–Crippen MR) is 397 cm³/mol. The van der Waals surface area contributed by atoms with Crippen molar-refractivity contribution in [2.24, 2.45) is 0 Å². The standard InChI is InChI=1S/C82H148NO8P/c1-6-8-10-12-14-16-18-20-22-24-26-28-30-32-34-36-38-40-41-43-45-47-49-51-53-55-57-59-61-63-65-67-69-71-73-75-82(85)91-80(79-90-92(86,87)89-77-76-83(3,4)5)78-88-81(84)74-72-70-68-66-64-62-60-58-56-54-52-50-48-46-44-42-39-37-35-33-31-29-27-25-23-21-19-17-15-13-11-9-7-2/h8,10,14,16,19-22,25-28,32,34,38,40,80H,6-7,9,11-13,15,17-18,23-24,29-31,33,35-37,39,41-79H2,1-5H3/b10-8-,16-14-,21-19-,22-20-,27-25-,28-26-,34-32-,40-38-. The first-order valence-corrected chi connectivity index (χ1v) is 40.4. The zero-order valence-electron chi connectivity index (χ0n) is 61.0. The van der Waals surface area contributed by atoms with Crippen LogP contribution in [0.2, 0.25) is 0 Å². The Bertz CT molecular complexity index is 1880. The summed E-state index contributed by atoms with van der Waals surface area (Å²) in [5.41, 5.74) is 0. The lowest BCUT2D eigenvalue weighted by Gasteiger charge is -2.28. The number of nitrogens with zero attached hydrogens (tertiary/aromatic N) is 1. The Morgan fingerprint density at radius 1 is 0.348 bits per heavy atom. The lowest BCUT2D eigenvalue weighted by molar-refractivity contribution is -0.870. The van der Waals surface area contributed by atoms with Crippen molar-refractivity contribution < 1.29 is 42.1 Å². The van der Waals surface area contributed by atoms with Gasteiger partial charge < -0.3 is 27.9 Å². The van der Waals surface area contributed by atoms with E-state index in [1.54, 1.807) is 0 Å². The summed E-state index contributed by atoms with van der Waals surface area (Å²) in [7, 11) is 1.18. The van der Waals surface area contributed by atoms with Gasteiger partial charge in [0.15, 0.2) is 6.10 Å². The van der Waals surface area contributed by atoms with Gasteiger partial charge in [0.2, 0.25) is 0 Å². The molecule has 0 bridgehead atoms. The van der Waals surface area contributed by atoms with Crippen LogP contribution in [0.15, 0.2) is 97.2 Å². The maximum Gasteiger partial charge on any atom is 0.306 e. The summed E-state index contributed by atoms with van der Waals surface area (Å²) >= 11 is 0. The van der Waals surface area contributed by atoms with Crippen LogP contribution in [0.3, 0.4) is 0 Å². The van der Waals surface area contributed by atoms with Gasteiger partial charge in [-0.25, -0.2) is 0 Å². The van der Waals surface area contributed by atoms with Crippen molar-refractivity contribution in [3.63, 3.8) is 0 Å². The zero-order chi connectivity index (χ0) is 66.9. The second-order valence-corrected chi connectivity index (χ2v) is 28.8. The third-order valence-electron chi connectivity index (χ3n) is 17.1. The smallest absolute Gasteiger partial charge is 0.306 e. The van der Waals surface area contributed by atoms with Crippen LogP contribution in [0.25, 0.3) is 0 Å². The first-order chi connectivity index (χ1) is 45.0. The van der Waals surface area contributed by atoms with Crippen LogP contribution in [0.5, 0.6) is 0 Å². The molecule has 9 nitrogen and oxygen atoms in total. The topological polar surface area (TPSA) is 111 Å². The molecule has 0 saturated carbocycles. The van der Waals surface area contributed by atoms with E-state index in [0.29, 0.717) is 17.4 Å². The van der Waals surface area contributed by atoms with Crippen LogP contribution < -0.4 is 4.89 Å². The predicted octanol–water partition coefficient (Wildman–Crippen LogP) is 25.2. The van der Waals surface area contributed by atoms with Gasteiger partial charge in [-0.2, -0.15) is 0 Å². The van der Waals surface area contributed by atoms with Crippen molar-refractivity contribution in [3.05, 3.63) is 97.2 Å². The molecule has 0 aliphatic heterocycles. The molecule has 0 aliphatic carbocycles. The highest BCUT2D eigenvalue weighted by atomic mass is 31.2. The molecule has 92 heavy (non-hydrogen) atoms. The van der Waals surface area contributed by atoms with Gasteiger partial charge in [-0.05, 0) is 96.3 Å². The number of allylic oxidation sites excluding steroid dienone is 16. The van der Waals surface area contributed by atoms with E-state index in [1.165, 1.54) is 244 Å². The molecule has 0 amide bonds. The number of unbranched alkanes of at least 4 members (excludes halogenated alkanes) is 42. The van der Waals surface area contributed by atoms with E-state index in [2.05, 4.69) is 111 Å². The summed E-state index contributed by atoms with van der Waals surface area (Å²) in [4.78, 5) is 38.2. The van der Waals surface area contributed by atoms with Gasteiger partial charge in [0.1, 0.15) is 19.8 Å². The first kappa shape index (κ1) is 88.9.